The molecule has 6 heteroatoms. The quantitative estimate of drug-likeness (QED) is 0.652. The van der Waals surface area contributed by atoms with Gasteiger partial charge in [-0.3, -0.25) is 4.68 Å². The van der Waals surface area contributed by atoms with Crippen molar-refractivity contribution in [2.75, 3.05) is 7.05 Å². The van der Waals surface area contributed by atoms with Gasteiger partial charge >= 0.3 is 0 Å². The largest absolute Gasteiger partial charge is 0.268 e. The number of nitrogens with zero attached hydrogens (tertiary/aromatic N) is 3. The number of rotatable bonds is 6. The number of sulfonamides is 1. The van der Waals surface area contributed by atoms with E-state index >= 15 is 0 Å². The Morgan fingerprint density at radius 2 is 1.63 bits per heavy atom. The molecule has 1 aromatic heterocycles. The third kappa shape index (κ3) is 4.28. The first-order valence-electron chi connectivity index (χ1n) is 8.87. The average Bonchev–Trinajstić information content (AvgIpc) is 3.01. The Morgan fingerprint density at radius 1 is 1.00 bits per heavy atom. The van der Waals surface area contributed by atoms with Crippen molar-refractivity contribution in [3.05, 3.63) is 82.7 Å². The molecule has 1 heterocycles. The number of aryl methyl sites for hydroxylation is 3. The van der Waals surface area contributed by atoms with Crippen LogP contribution in [0.25, 0.3) is 0 Å². The molecule has 0 saturated carbocycles. The summed E-state index contributed by atoms with van der Waals surface area (Å²) in [4.78, 5) is 0.396. The van der Waals surface area contributed by atoms with E-state index in [9.17, 15) is 8.42 Å². The molecule has 27 heavy (non-hydrogen) atoms. The van der Waals surface area contributed by atoms with Gasteiger partial charge in [0, 0.05) is 25.4 Å². The molecule has 2 aromatic carbocycles. The molecule has 5 nitrogen and oxygen atoms in total. The molecule has 0 unspecified atom stereocenters. The van der Waals surface area contributed by atoms with Crippen molar-refractivity contribution >= 4 is 10.0 Å². The Morgan fingerprint density at radius 3 is 2.26 bits per heavy atom. The van der Waals surface area contributed by atoms with Crippen LogP contribution in [-0.2, 0) is 23.1 Å². The molecule has 3 aromatic rings. The summed E-state index contributed by atoms with van der Waals surface area (Å²) in [6.45, 7) is 6.61. The minimum atomic E-state index is -3.57. The maximum Gasteiger partial charge on any atom is 0.243 e. The molecule has 0 N–H and O–H groups in total. The second kappa shape index (κ2) is 7.66. The molecule has 0 aliphatic heterocycles. The number of hydrogen-bond acceptors (Lipinski definition) is 3. The molecule has 0 amide bonds. The molecule has 0 aliphatic rings. The van der Waals surface area contributed by atoms with Crippen LogP contribution in [0.15, 0.2) is 59.8 Å². The van der Waals surface area contributed by atoms with Gasteiger partial charge in [-0.15, -0.1) is 0 Å². The minimum absolute atomic E-state index is 0.282. The molecule has 0 radical (unpaired) electrons. The SMILES string of the molecule is Cc1cc(C)c(S(=O)(=O)N(C)Cc2cnn(Cc3ccccc3)c2)c(C)c1. The molecule has 0 bridgehead atoms. The lowest BCUT2D eigenvalue weighted by atomic mass is 10.1. The highest BCUT2D eigenvalue weighted by molar-refractivity contribution is 7.89. The number of benzene rings is 2. The first kappa shape index (κ1) is 19.3. The fourth-order valence-electron chi connectivity index (χ4n) is 3.42. The van der Waals surface area contributed by atoms with Crippen LogP contribution >= 0.6 is 0 Å². The van der Waals surface area contributed by atoms with Crippen LogP contribution in [0.2, 0.25) is 0 Å². The standard InChI is InChI=1S/C21H25N3O2S/c1-16-10-17(2)21(18(3)11-16)27(25,26)23(4)13-20-12-22-24(15-20)14-19-8-6-5-7-9-19/h5-12,15H,13-14H2,1-4H3. The predicted octanol–water partition coefficient (Wildman–Crippen LogP) is 3.68. The van der Waals surface area contributed by atoms with E-state index in [2.05, 4.69) is 5.10 Å². The fourth-order valence-corrected chi connectivity index (χ4v) is 4.98. The Labute approximate surface area is 161 Å². The van der Waals surface area contributed by atoms with Crippen LogP contribution in [0, 0.1) is 20.8 Å². The van der Waals surface area contributed by atoms with E-state index in [4.69, 9.17) is 0 Å². The fraction of sp³-hybridized carbons (Fsp3) is 0.286. The number of aromatic nitrogens is 2. The summed E-state index contributed by atoms with van der Waals surface area (Å²) in [6.07, 6.45) is 3.62. The van der Waals surface area contributed by atoms with E-state index in [0.717, 1.165) is 27.8 Å². The second-order valence-corrected chi connectivity index (χ2v) is 9.00. The summed E-state index contributed by atoms with van der Waals surface area (Å²) in [5, 5.41) is 4.36. The zero-order chi connectivity index (χ0) is 19.6. The van der Waals surface area contributed by atoms with Gasteiger partial charge in [-0.1, -0.05) is 48.0 Å². The summed E-state index contributed by atoms with van der Waals surface area (Å²) < 4.78 is 29.4. The van der Waals surface area contributed by atoms with Gasteiger partial charge in [-0.05, 0) is 37.5 Å². The summed E-state index contributed by atoms with van der Waals surface area (Å²) in [5.41, 5.74) is 4.63. The van der Waals surface area contributed by atoms with E-state index in [1.807, 2.05) is 74.1 Å². The Kier molecular flexibility index (Phi) is 5.48. The van der Waals surface area contributed by atoms with Gasteiger partial charge in [0.25, 0.3) is 0 Å². The van der Waals surface area contributed by atoms with Crippen molar-refractivity contribution in [1.82, 2.24) is 14.1 Å². The summed E-state index contributed by atoms with van der Waals surface area (Å²) in [7, 11) is -1.95. The lowest BCUT2D eigenvalue weighted by Crippen LogP contribution is -2.27. The topological polar surface area (TPSA) is 55.2 Å². The summed E-state index contributed by atoms with van der Waals surface area (Å²) >= 11 is 0. The molecular formula is C21H25N3O2S. The average molecular weight is 384 g/mol. The normalized spacial score (nSPS) is 11.9. The van der Waals surface area contributed by atoms with Gasteiger partial charge in [0.1, 0.15) is 0 Å². The molecule has 0 fully saturated rings. The molecule has 142 valence electrons. The molecular weight excluding hydrogens is 358 g/mol. The molecule has 0 saturated heterocycles. The van der Waals surface area contributed by atoms with Gasteiger partial charge in [-0.25, -0.2) is 8.42 Å². The molecule has 0 atom stereocenters. The van der Waals surface area contributed by atoms with Gasteiger partial charge < -0.3 is 0 Å². The zero-order valence-corrected chi connectivity index (χ0v) is 17.0. The monoisotopic (exact) mass is 383 g/mol. The highest BCUT2D eigenvalue weighted by atomic mass is 32.2. The Bertz CT molecular complexity index is 1020. The van der Waals surface area contributed by atoms with E-state index in [1.54, 1.807) is 13.2 Å². The predicted molar refractivity (Wildman–Crippen MR) is 107 cm³/mol. The second-order valence-electron chi connectivity index (χ2n) is 7.02. The van der Waals surface area contributed by atoms with E-state index in [-0.39, 0.29) is 6.54 Å². The van der Waals surface area contributed by atoms with E-state index in [0.29, 0.717) is 11.4 Å². The van der Waals surface area contributed by atoms with Crippen molar-refractivity contribution in [2.45, 2.75) is 38.8 Å². The van der Waals surface area contributed by atoms with Gasteiger partial charge in [0.05, 0.1) is 17.6 Å². The molecule has 3 rings (SSSR count). The van der Waals surface area contributed by atoms with Crippen molar-refractivity contribution in [3.8, 4) is 0 Å². The van der Waals surface area contributed by atoms with Crippen LogP contribution in [0.3, 0.4) is 0 Å². The van der Waals surface area contributed by atoms with Crippen LogP contribution < -0.4 is 0 Å². The van der Waals surface area contributed by atoms with Crippen molar-refractivity contribution < 1.29 is 8.42 Å². The smallest absolute Gasteiger partial charge is 0.243 e. The number of hydrogen-bond donors (Lipinski definition) is 0. The lowest BCUT2D eigenvalue weighted by Gasteiger charge is -2.20. The first-order valence-corrected chi connectivity index (χ1v) is 10.3. The maximum atomic E-state index is 13.1. The zero-order valence-electron chi connectivity index (χ0n) is 16.2. The summed E-state index contributed by atoms with van der Waals surface area (Å²) in [6, 6.07) is 13.9. The van der Waals surface area contributed by atoms with Crippen molar-refractivity contribution in [3.63, 3.8) is 0 Å². The third-order valence-electron chi connectivity index (χ3n) is 4.55. The van der Waals surface area contributed by atoms with E-state index in [1.165, 1.54) is 4.31 Å². The Balaban J connectivity index is 1.78. The van der Waals surface area contributed by atoms with Gasteiger partial charge in [-0.2, -0.15) is 9.40 Å². The lowest BCUT2D eigenvalue weighted by molar-refractivity contribution is 0.465. The van der Waals surface area contributed by atoms with Gasteiger partial charge in [0.2, 0.25) is 10.0 Å². The van der Waals surface area contributed by atoms with Crippen molar-refractivity contribution in [2.24, 2.45) is 0 Å². The Hall–Kier alpha value is -2.44. The minimum Gasteiger partial charge on any atom is -0.268 e. The van der Waals surface area contributed by atoms with Crippen LogP contribution in [0.4, 0.5) is 0 Å². The molecule has 0 spiro atoms. The summed E-state index contributed by atoms with van der Waals surface area (Å²) in [5.74, 6) is 0. The maximum absolute atomic E-state index is 13.1. The third-order valence-corrected chi connectivity index (χ3v) is 6.66. The van der Waals surface area contributed by atoms with Crippen molar-refractivity contribution in [1.29, 1.82) is 0 Å². The highest BCUT2D eigenvalue weighted by Gasteiger charge is 2.25. The van der Waals surface area contributed by atoms with Crippen LogP contribution in [0.1, 0.15) is 27.8 Å². The highest BCUT2D eigenvalue weighted by Crippen LogP contribution is 2.25. The van der Waals surface area contributed by atoms with Crippen LogP contribution in [0.5, 0.6) is 0 Å². The molecule has 0 aliphatic carbocycles. The van der Waals surface area contributed by atoms with Gasteiger partial charge in [0.15, 0.2) is 0 Å². The van der Waals surface area contributed by atoms with E-state index < -0.39 is 10.0 Å². The van der Waals surface area contributed by atoms with Crippen LogP contribution in [-0.4, -0.2) is 29.6 Å². The first-order chi connectivity index (χ1) is 12.8.